The lowest BCUT2D eigenvalue weighted by Crippen LogP contribution is -2.21. The van der Waals surface area contributed by atoms with Gasteiger partial charge < -0.3 is 19.9 Å². The number of H-pyrrole nitrogens is 1. The highest BCUT2D eigenvalue weighted by Crippen LogP contribution is 2.45. The van der Waals surface area contributed by atoms with Crippen LogP contribution in [0.25, 0.3) is 0 Å². The van der Waals surface area contributed by atoms with Gasteiger partial charge in [-0.15, -0.1) is 5.10 Å². The zero-order chi connectivity index (χ0) is 16.7. The molecule has 2 aliphatic rings. The first-order valence-electron chi connectivity index (χ1n) is 7.77. The van der Waals surface area contributed by atoms with Crippen LogP contribution in [0, 0.1) is 11.3 Å². The molecule has 24 heavy (non-hydrogen) atoms. The SMILES string of the molecule is CCCc1[nH]nc2c1[C@H](c1ccc3c(c1)OCO3)C(C#N)=C(N)O2. The number of fused-ring (bicyclic) bond motifs is 2. The van der Waals surface area contributed by atoms with Gasteiger partial charge in [0, 0.05) is 11.3 Å². The van der Waals surface area contributed by atoms with E-state index in [0.717, 1.165) is 29.7 Å². The van der Waals surface area contributed by atoms with E-state index in [1.807, 2.05) is 18.2 Å². The lowest BCUT2D eigenvalue weighted by Gasteiger charge is -2.24. The Labute approximate surface area is 138 Å². The van der Waals surface area contributed by atoms with Crippen molar-refractivity contribution >= 4 is 0 Å². The number of nitrogens with two attached hydrogens (primary N) is 1. The zero-order valence-electron chi connectivity index (χ0n) is 13.1. The molecule has 3 heterocycles. The zero-order valence-corrected chi connectivity index (χ0v) is 13.1. The van der Waals surface area contributed by atoms with Crippen molar-refractivity contribution in [1.29, 1.82) is 5.26 Å². The van der Waals surface area contributed by atoms with Gasteiger partial charge in [0.2, 0.25) is 18.6 Å². The molecule has 122 valence electrons. The average molecular weight is 324 g/mol. The molecule has 2 aliphatic heterocycles. The Morgan fingerprint density at radius 2 is 2.21 bits per heavy atom. The minimum atomic E-state index is -0.339. The lowest BCUT2D eigenvalue weighted by atomic mass is 9.83. The van der Waals surface area contributed by atoms with Crippen molar-refractivity contribution in [2.75, 3.05) is 6.79 Å². The summed E-state index contributed by atoms with van der Waals surface area (Å²) in [5, 5.41) is 16.8. The molecule has 0 amide bonds. The van der Waals surface area contributed by atoms with E-state index in [9.17, 15) is 5.26 Å². The van der Waals surface area contributed by atoms with Crippen LogP contribution < -0.4 is 19.9 Å². The molecule has 1 aromatic heterocycles. The number of rotatable bonds is 3. The van der Waals surface area contributed by atoms with Crippen LogP contribution in [0.15, 0.2) is 29.7 Å². The van der Waals surface area contributed by atoms with Crippen molar-refractivity contribution in [3.05, 3.63) is 46.5 Å². The minimum absolute atomic E-state index is 0.0854. The Balaban J connectivity index is 1.89. The molecule has 0 bridgehead atoms. The summed E-state index contributed by atoms with van der Waals surface area (Å²) >= 11 is 0. The average Bonchev–Trinajstić information content (AvgIpc) is 3.20. The molecule has 7 nitrogen and oxygen atoms in total. The summed E-state index contributed by atoms with van der Waals surface area (Å²) in [7, 11) is 0. The second-order valence-corrected chi connectivity index (χ2v) is 5.71. The topological polar surface area (TPSA) is 106 Å². The summed E-state index contributed by atoms with van der Waals surface area (Å²) in [6.45, 7) is 2.29. The number of hydrogen-bond donors (Lipinski definition) is 2. The van der Waals surface area contributed by atoms with E-state index in [2.05, 4.69) is 23.2 Å². The van der Waals surface area contributed by atoms with Gasteiger partial charge in [-0.2, -0.15) is 5.26 Å². The highest BCUT2D eigenvalue weighted by Gasteiger charge is 2.35. The molecule has 1 atom stereocenters. The summed E-state index contributed by atoms with van der Waals surface area (Å²) in [6.07, 6.45) is 1.76. The monoisotopic (exact) mass is 324 g/mol. The van der Waals surface area contributed by atoms with Crippen molar-refractivity contribution < 1.29 is 14.2 Å². The van der Waals surface area contributed by atoms with E-state index in [1.54, 1.807) is 0 Å². The number of nitriles is 1. The maximum atomic E-state index is 9.62. The largest absolute Gasteiger partial charge is 0.454 e. The predicted molar refractivity (Wildman–Crippen MR) is 84.4 cm³/mol. The molecule has 4 rings (SSSR count). The Morgan fingerprint density at radius 3 is 3.00 bits per heavy atom. The highest BCUT2D eigenvalue weighted by molar-refractivity contribution is 5.57. The first kappa shape index (κ1) is 14.5. The number of hydrogen-bond acceptors (Lipinski definition) is 6. The second-order valence-electron chi connectivity index (χ2n) is 5.71. The maximum Gasteiger partial charge on any atom is 0.244 e. The van der Waals surface area contributed by atoms with Gasteiger partial charge in [0.05, 0.1) is 5.92 Å². The Hall–Kier alpha value is -3.14. The molecule has 7 heteroatoms. The Kier molecular flexibility index (Phi) is 3.31. The molecular formula is C17H16N4O3. The van der Waals surface area contributed by atoms with Crippen LogP contribution in [0.2, 0.25) is 0 Å². The van der Waals surface area contributed by atoms with Crippen LogP contribution in [-0.2, 0) is 6.42 Å². The van der Waals surface area contributed by atoms with Gasteiger partial charge in [-0.1, -0.05) is 19.4 Å². The van der Waals surface area contributed by atoms with Crippen molar-refractivity contribution in [3.8, 4) is 23.4 Å². The van der Waals surface area contributed by atoms with Crippen LogP contribution in [0.5, 0.6) is 17.4 Å². The first-order valence-corrected chi connectivity index (χ1v) is 7.77. The number of aromatic amines is 1. The van der Waals surface area contributed by atoms with Gasteiger partial charge in [-0.05, 0) is 24.1 Å². The predicted octanol–water partition coefficient (Wildman–Crippen LogP) is 2.31. The second kappa shape index (κ2) is 5.49. The lowest BCUT2D eigenvalue weighted by molar-refractivity contribution is 0.174. The molecule has 0 unspecified atom stereocenters. The molecule has 1 aromatic carbocycles. The van der Waals surface area contributed by atoms with Crippen LogP contribution in [0.3, 0.4) is 0 Å². The minimum Gasteiger partial charge on any atom is -0.454 e. The third-order valence-corrected chi connectivity index (χ3v) is 4.25. The molecule has 0 aliphatic carbocycles. The Bertz CT molecular complexity index is 878. The fraction of sp³-hybridized carbons (Fsp3) is 0.294. The summed E-state index contributed by atoms with van der Waals surface area (Å²) < 4.78 is 16.4. The van der Waals surface area contributed by atoms with Gasteiger partial charge in [0.15, 0.2) is 11.5 Å². The Morgan fingerprint density at radius 1 is 1.38 bits per heavy atom. The van der Waals surface area contributed by atoms with Crippen molar-refractivity contribution in [3.63, 3.8) is 0 Å². The van der Waals surface area contributed by atoms with Gasteiger partial charge in [-0.3, -0.25) is 5.10 Å². The number of nitrogens with zero attached hydrogens (tertiary/aromatic N) is 2. The van der Waals surface area contributed by atoms with E-state index in [0.29, 0.717) is 23.0 Å². The molecule has 0 fully saturated rings. The number of ether oxygens (including phenoxy) is 3. The van der Waals surface area contributed by atoms with E-state index >= 15 is 0 Å². The molecule has 0 spiro atoms. The number of allylic oxidation sites excluding steroid dienone is 1. The summed E-state index contributed by atoms with van der Waals surface area (Å²) in [5.41, 5.74) is 9.04. The fourth-order valence-corrected chi connectivity index (χ4v) is 3.18. The quantitative estimate of drug-likeness (QED) is 0.897. The first-order chi connectivity index (χ1) is 11.7. The van der Waals surface area contributed by atoms with Crippen LogP contribution in [-0.4, -0.2) is 17.0 Å². The number of aryl methyl sites for hydroxylation is 1. The van der Waals surface area contributed by atoms with E-state index in [1.165, 1.54) is 0 Å². The summed E-state index contributed by atoms with van der Waals surface area (Å²) in [6, 6.07) is 7.83. The molecule has 0 saturated carbocycles. The molecule has 0 radical (unpaired) electrons. The van der Waals surface area contributed by atoms with Crippen molar-refractivity contribution in [2.24, 2.45) is 5.73 Å². The fourth-order valence-electron chi connectivity index (χ4n) is 3.18. The smallest absolute Gasteiger partial charge is 0.244 e. The highest BCUT2D eigenvalue weighted by atomic mass is 16.7. The summed E-state index contributed by atoms with van der Waals surface area (Å²) in [5.74, 6) is 1.53. The van der Waals surface area contributed by atoms with E-state index in [-0.39, 0.29) is 18.6 Å². The molecular weight excluding hydrogens is 308 g/mol. The van der Waals surface area contributed by atoms with Gasteiger partial charge in [0.1, 0.15) is 11.6 Å². The van der Waals surface area contributed by atoms with Crippen LogP contribution >= 0.6 is 0 Å². The molecule has 3 N–H and O–H groups in total. The number of benzene rings is 1. The normalized spacial score (nSPS) is 18.1. The van der Waals surface area contributed by atoms with Gasteiger partial charge in [0.25, 0.3) is 0 Å². The number of aromatic nitrogens is 2. The third kappa shape index (κ3) is 2.07. The van der Waals surface area contributed by atoms with Gasteiger partial charge >= 0.3 is 0 Å². The van der Waals surface area contributed by atoms with E-state index in [4.69, 9.17) is 19.9 Å². The maximum absolute atomic E-state index is 9.62. The molecule has 0 saturated heterocycles. The van der Waals surface area contributed by atoms with Crippen molar-refractivity contribution in [2.45, 2.75) is 25.7 Å². The van der Waals surface area contributed by atoms with E-state index < -0.39 is 0 Å². The standard InChI is InChI=1S/C17H16N4O3/c1-2-3-11-15-14(9-4-5-12-13(6-9)23-8-22-12)10(7-18)16(19)24-17(15)21-20-11/h4-6,14H,2-3,8,19H2,1H3,(H,20,21)/t14-/m1/s1. The van der Waals surface area contributed by atoms with Crippen LogP contribution in [0.4, 0.5) is 0 Å². The van der Waals surface area contributed by atoms with Gasteiger partial charge in [-0.25, -0.2) is 0 Å². The molecule has 2 aromatic rings. The van der Waals surface area contributed by atoms with Crippen molar-refractivity contribution in [1.82, 2.24) is 10.2 Å². The third-order valence-electron chi connectivity index (χ3n) is 4.25. The number of nitrogens with one attached hydrogen (secondary N) is 1. The summed E-state index contributed by atoms with van der Waals surface area (Å²) in [4.78, 5) is 0. The van der Waals surface area contributed by atoms with Crippen LogP contribution in [0.1, 0.15) is 36.1 Å².